The number of hydrogen-bond donors (Lipinski definition) is 2. The maximum Gasteiger partial charge on any atom is 0.191 e. The monoisotopic (exact) mass is 375 g/mol. The fraction of sp³-hybridized carbons (Fsp3) is 0.667. The summed E-state index contributed by atoms with van der Waals surface area (Å²) in [6.45, 7) is 14.4. The largest absolute Gasteiger partial charge is 0.382 e. The first kappa shape index (κ1) is 21.7. The predicted octanol–water partition coefficient (Wildman–Crippen LogP) is 1.92. The van der Waals surface area contributed by atoms with Gasteiger partial charge in [-0.3, -0.25) is 9.89 Å². The molecule has 27 heavy (non-hydrogen) atoms. The minimum Gasteiger partial charge on any atom is -0.382 e. The summed E-state index contributed by atoms with van der Waals surface area (Å²) in [5.41, 5.74) is 2.66. The van der Waals surface area contributed by atoms with Crippen molar-refractivity contribution in [3.8, 4) is 0 Å². The molecule has 1 aromatic rings. The second-order valence-electron chi connectivity index (χ2n) is 6.93. The van der Waals surface area contributed by atoms with Crippen molar-refractivity contribution in [2.45, 2.75) is 33.4 Å². The molecule has 0 unspecified atom stereocenters. The van der Waals surface area contributed by atoms with Crippen molar-refractivity contribution in [2.24, 2.45) is 4.99 Å². The topological polar surface area (TPSA) is 52.1 Å². The lowest BCUT2D eigenvalue weighted by Crippen LogP contribution is -2.45. The van der Waals surface area contributed by atoms with E-state index in [1.807, 2.05) is 6.92 Å². The number of piperazine rings is 1. The van der Waals surface area contributed by atoms with E-state index in [2.05, 4.69) is 56.6 Å². The number of nitrogens with zero attached hydrogens (tertiary/aromatic N) is 3. The van der Waals surface area contributed by atoms with Gasteiger partial charge in [-0.2, -0.15) is 0 Å². The molecule has 2 rings (SSSR count). The van der Waals surface area contributed by atoms with E-state index in [1.165, 1.54) is 43.9 Å². The number of aliphatic imine (C=N–C) groups is 1. The van der Waals surface area contributed by atoms with Crippen LogP contribution >= 0.6 is 0 Å². The van der Waals surface area contributed by atoms with E-state index in [9.17, 15) is 0 Å². The lowest BCUT2D eigenvalue weighted by molar-refractivity contribution is 0.132. The standard InChI is InChI=1S/C21H37N5O/c1-4-25-12-14-26(15-13-25)18-20-9-7-19(8-10-20)17-24-21(22-3)23-11-6-16-27-5-2/h7-10H,4-6,11-18H2,1-3H3,(H2,22,23,24). The third-order valence-corrected chi connectivity index (χ3v) is 4.99. The zero-order valence-corrected chi connectivity index (χ0v) is 17.3. The molecular weight excluding hydrogens is 338 g/mol. The normalized spacial score (nSPS) is 16.5. The van der Waals surface area contributed by atoms with Crippen molar-refractivity contribution in [3.63, 3.8) is 0 Å². The SMILES string of the molecule is CCOCCCNC(=NC)NCc1ccc(CN2CCN(CC)CC2)cc1. The Morgan fingerprint density at radius 2 is 1.67 bits per heavy atom. The molecule has 0 aromatic heterocycles. The minimum atomic E-state index is 0.776. The van der Waals surface area contributed by atoms with Crippen molar-refractivity contribution in [1.29, 1.82) is 0 Å². The average molecular weight is 376 g/mol. The number of hydrogen-bond acceptors (Lipinski definition) is 4. The van der Waals surface area contributed by atoms with Crippen molar-refractivity contribution >= 4 is 5.96 Å². The van der Waals surface area contributed by atoms with Crippen molar-refractivity contribution in [1.82, 2.24) is 20.4 Å². The third-order valence-electron chi connectivity index (χ3n) is 4.99. The molecule has 1 aromatic carbocycles. The Balaban J connectivity index is 1.68. The first-order valence-corrected chi connectivity index (χ1v) is 10.3. The number of ether oxygens (including phenoxy) is 1. The van der Waals surface area contributed by atoms with Gasteiger partial charge in [0.05, 0.1) is 0 Å². The van der Waals surface area contributed by atoms with Gasteiger partial charge in [0.2, 0.25) is 0 Å². The average Bonchev–Trinajstić information content (AvgIpc) is 2.72. The molecule has 1 fully saturated rings. The molecule has 1 aliphatic heterocycles. The maximum absolute atomic E-state index is 5.35. The summed E-state index contributed by atoms with van der Waals surface area (Å²) in [4.78, 5) is 9.34. The summed E-state index contributed by atoms with van der Waals surface area (Å²) in [7, 11) is 1.80. The molecule has 1 saturated heterocycles. The van der Waals surface area contributed by atoms with Gasteiger partial charge in [0, 0.05) is 66.1 Å². The van der Waals surface area contributed by atoms with Crippen LogP contribution in [0.1, 0.15) is 31.4 Å². The molecule has 6 nitrogen and oxygen atoms in total. The summed E-state index contributed by atoms with van der Waals surface area (Å²) < 4.78 is 5.35. The van der Waals surface area contributed by atoms with Crippen LogP contribution in [0, 0.1) is 0 Å². The van der Waals surface area contributed by atoms with Gasteiger partial charge in [-0.05, 0) is 31.0 Å². The second-order valence-corrected chi connectivity index (χ2v) is 6.93. The predicted molar refractivity (Wildman–Crippen MR) is 113 cm³/mol. The molecule has 2 N–H and O–H groups in total. The smallest absolute Gasteiger partial charge is 0.191 e. The van der Waals surface area contributed by atoms with E-state index < -0.39 is 0 Å². The zero-order chi connectivity index (χ0) is 19.3. The van der Waals surface area contributed by atoms with Gasteiger partial charge in [-0.15, -0.1) is 0 Å². The fourth-order valence-corrected chi connectivity index (χ4v) is 3.22. The Hall–Kier alpha value is -1.63. The highest BCUT2D eigenvalue weighted by Gasteiger charge is 2.15. The van der Waals surface area contributed by atoms with Gasteiger partial charge in [0.15, 0.2) is 5.96 Å². The zero-order valence-electron chi connectivity index (χ0n) is 17.3. The third kappa shape index (κ3) is 8.28. The molecular formula is C21H37N5O. The first-order chi connectivity index (χ1) is 13.2. The Kier molecular flexibility index (Phi) is 10.2. The Labute approximate surface area is 165 Å². The molecule has 6 heteroatoms. The Bertz CT molecular complexity index is 538. The summed E-state index contributed by atoms with van der Waals surface area (Å²) >= 11 is 0. The van der Waals surface area contributed by atoms with Crippen LogP contribution in [0.25, 0.3) is 0 Å². The van der Waals surface area contributed by atoms with E-state index in [1.54, 1.807) is 7.05 Å². The summed E-state index contributed by atoms with van der Waals surface area (Å²) in [5, 5.41) is 6.69. The van der Waals surface area contributed by atoms with Gasteiger partial charge in [-0.1, -0.05) is 31.2 Å². The Morgan fingerprint density at radius 3 is 2.30 bits per heavy atom. The van der Waals surface area contributed by atoms with E-state index in [-0.39, 0.29) is 0 Å². The van der Waals surface area contributed by atoms with Crippen molar-refractivity contribution in [3.05, 3.63) is 35.4 Å². The fourth-order valence-electron chi connectivity index (χ4n) is 3.22. The molecule has 0 amide bonds. The highest BCUT2D eigenvalue weighted by molar-refractivity contribution is 5.79. The van der Waals surface area contributed by atoms with Crippen LogP contribution < -0.4 is 10.6 Å². The Morgan fingerprint density at radius 1 is 1.00 bits per heavy atom. The van der Waals surface area contributed by atoms with Crippen LogP contribution in [-0.2, 0) is 17.8 Å². The first-order valence-electron chi connectivity index (χ1n) is 10.3. The number of rotatable bonds is 10. The van der Waals surface area contributed by atoms with Crippen LogP contribution in [0.5, 0.6) is 0 Å². The molecule has 0 saturated carbocycles. The molecule has 0 bridgehead atoms. The number of nitrogens with one attached hydrogen (secondary N) is 2. The van der Waals surface area contributed by atoms with Crippen LogP contribution in [0.4, 0.5) is 0 Å². The molecule has 152 valence electrons. The number of guanidine groups is 1. The summed E-state index contributed by atoms with van der Waals surface area (Å²) in [6.07, 6.45) is 0.982. The lowest BCUT2D eigenvalue weighted by atomic mass is 10.1. The van der Waals surface area contributed by atoms with E-state index >= 15 is 0 Å². The van der Waals surface area contributed by atoms with Crippen molar-refractivity contribution in [2.75, 3.05) is 59.5 Å². The molecule has 0 atom stereocenters. The quantitative estimate of drug-likeness (QED) is 0.372. The molecule has 1 heterocycles. The molecule has 0 spiro atoms. The van der Waals surface area contributed by atoms with Gasteiger partial charge in [-0.25, -0.2) is 0 Å². The lowest BCUT2D eigenvalue weighted by Gasteiger charge is -2.34. The summed E-state index contributed by atoms with van der Waals surface area (Å²) in [5.74, 6) is 0.837. The van der Waals surface area contributed by atoms with Crippen LogP contribution in [-0.4, -0.2) is 75.3 Å². The highest BCUT2D eigenvalue weighted by Crippen LogP contribution is 2.10. The van der Waals surface area contributed by atoms with Crippen molar-refractivity contribution < 1.29 is 4.74 Å². The molecule has 1 aliphatic rings. The van der Waals surface area contributed by atoms with Crippen LogP contribution in [0.2, 0.25) is 0 Å². The highest BCUT2D eigenvalue weighted by atomic mass is 16.5. The van der Waals surface area contributed by atoms with E-state index in [0.717, 1.165) is 45.2 Å². The second kappa shape index (κ2) is 12.7. The molecule has 0 aliphatic carbocycles. The van der Waals surface area contributed by atoms with Gasteiger partial charge in [0.25, 0.3) is 0 Å². The summed E-state index contributed by atoms with van der Waals surface area (Å²) in [6, 6.07) is 8.93. The van der Waals surface area contributed by atoms with Crippen LogP contribution in [0.3, 0.4) is 0 Å². The molecule has 0 radical (unpaired) electrons. The van der Waals surface area contributed by atoms with Crippen LogP contribution in [0.15, 0.2) is 29.3 Å². The van der Waals surface area contributed by atoms with E-state index in [0.29, 0.717) is 0 Å². The number of likely N-dealkylation sites (N-methyl/N-ethyl adjacent to an activating group) is 1. The van der Waals surface area contributed by atoms with E-state index in [4.69, 9.17) is 4.74 Å². The van der Waals surface area contributed by atoms with Gasteiger partial charge >= 0.3 is 0 Å². The van der Waals surface area contributed by atoms with Gasteiger partial charge in [0.1, 0.15) is 0 Å². The maximum atomic E-state index is 5.35. The minimum absolute atomic E-state index is 0.776. The van der Waals surface area contributed by atoms with Gasteiger partial charge < -0.3 is 20.3 Å². The number of benzene rings is 1.